The van der Waals surface area contributed by atoms with Crippen molar-refractivity contribution in [1.29, 1.82) is 0 Å². The third-order valence-electron chi connectivity index (χ3n) is 1.79. The molecule has 15 heavy (non-hydrogen) atoms. The van der Waals surface area contributed by atoms with E-state index in [1.807, 2.05) is 6.92 Å². The van der Waals surface area contributed by atoms with Gasteiger partial charge in [0.05, 0.1) is 7.11 Å². The van der Waals surface area contributed by atoms with Crippen LogP contribution < -0.4 is 5.01 Å². The average Bonchev–Trinajstić information content (AvgIpc) is 2.20. The van der Waals surface area contributed by atoms with Crippen LogP contribution in [0.1, 0.15) is 5.56 Å². The van der Waals surface area contributed by atoms with Gasteiger partial charge in [-0.2, -0.15) is 0 Å². The van der Waals surface area contributed by atoms with E-state index in [-0.39, 0.29) is 5.69 Å². The normalized spacial score (nSPS) is 9.47. The molecule has 0 aliphatic carbocycles. The number of nitrogens with zero attached hydrogens (tertiary/aromatic N) is 2. The van der Waals surface area contributed by atoms with Crippen LogP contribution in [0.4, 0.5) is 10.5 Å². The molecule has 0 aromatic heterocycles. The van der Waals surface area contributed by atoms with Gasteiger partial charge in [0, 0.05) is 5.01 Å². The lowest BCUT2D eigenvalue weighted by atomic mass is 10.2. The van der Waals surface area contributed by atoms with E-state index in [9.17, 15) is 14.9 Å². The van der Waals surface area contributed by atoms with Crippen molar-refractivity contribution in [2.45, 2.75) is 6.92 Å². The first-order chi connectivity index (χ1) is 7.06. The smallest absolute Gasteiger partial charge is 0.449 e. The van der Waals surface area contributed by atoms with Crippen molar-refractivity contribution >= 4 is 11.8 Å². The predicted molar refractivity (Wildman–Crippen MR) is 53.1 cm³/mol. The first-order valence-corrected chi connectivity index (χ1v) is 4.15. The fourth-order valence-corrected chi connectivity index (χ4v) is 1.04. The molecule has 0 bridgehead atoms. The second-order valence-corrected chi connectivity index (χ2v) is 2.86. The molecule has 0 N–H and O–H groups in total. The van der Waals surface area contributed by atoms with Crippen molar-refractivity contribution in [3.05, 3.63) is 39.9 Å². The zero-order valence-corrected chi connectivity index (χ0v) is 8.34. The van der Waals surface area contributed by atoms with Crippen LogP contribution in [-0.2, 0) is 4.74 Å². The van der Waals surface area contributed by atoms with Gasteiger partial charge in [0.15, 0.2) is 5.03 Å². The highest BCUT2D eigenvalue weighted by atomic mass is 16.7. The molecule has 6 nitrogen and oxygen atoms in total. The fourth-order valence-electron chi connectivity index (χ4n) is 1.04. The maximum atomic E-state index is 11.1. The van der Waals surface area contributed by atoms with Crippen LogP contribution in [0.25, 0.3) is 0 Å². The molecule has 0 fully saturated rings. The Balaban J connectivity index is 3.04. The maximum absolute atomic E-state index is 11.1. The molecule has 0 saturated heterocycles. The lowest BCUT2D eigenvalue weighted by Gasteiger charge is -2.10. The van der Waals surface area contributed by atoms with Gasteiger partial charge in [0.1, 0.15) is 5.69 Å². The summed E-state index contributed by atoms with van der Waals surface area (Å²) in [6, 6.07) is 6.31. The molecule has 1 aromatic carbocycles. The molecular weight excluding hydrogens is 200 g/mol. The van der Waals surface area contributed by atoms with Gasteiger partial charge in [-0.05, 0) is 19.1 Å². The lowest BCUT2D eigenvalue weighted by Crippen LogP contribution is -2.36. The summed E-state index contributed by atoms with van der Waals surface area (Å²) in [5, 5.41) is 10.1. The molecule has 0 spiro atoms. The average molecular weight is 210 g/mol. The first-order valence-electron chi connectivity index (χ1n) is 4.15. The van der Waals surface area contributed by atoms with Gasteiger partial charge < -0.3 is 4.74 Å². The van der Waals surface area contributed by atoms with Crippen molar-refractivity contribution < 1.29 is 14.6 Å². The van der Waals surface area contributed by atoms with Crippen molar-refractivity contribution in [2.24, 2.45) is 0 Å². The van der Waals surface area contributed by atoms with Gasteiger partial charge in [-0.3, -0.25) is 0 Å². The second kappa shape index (κ2) is 4.41. The largest absolute Gasteiger partial charge is 0.472 e. The van der Waals surface area contributed by atoms with E-state index in [0.717, 1.165) is 12.7 Å². The molecule has 1 aromatic rings. The highest BCUT2D eigenvalue weighted by molar-refractivity contribution is 5.84. The third kappa shape index (κ3) is 2.43. The number of hydrogen-bond acceptors (Lipinski definition) is 4. The van der Waals surface area contributed by atoms with Crippen molar-refractivity contribution in [2.75, 3.05) is 12.1 Å². The summed E-state index contributed by atoms with van der Waals surface area (Å²) in [6.07, 6.45) is -1.02. The summed E-state index contributed by atoms with van der Waals surface area (Å²) in [4.78, 5) is 21.7. The Labute approximate surface area is 86.2 Å². The minimum Gasteiger partial charge on any atom is -0.449 e. The molecule has 0 aliphatic heterocycles. The van der Waals surface area contributed by atoms with Gasteiger partial charge in [-0.1, -0.05) is 17.7 Å². The number of methoxy groups -OCH3 is 1. The Bertz CT molecular complexity index is 374. The van der Waals surface area contributed by atoms with Crippen LogP contribution >= 0.6 is 0 Å². The number of rotatable bonds is 2. The number of nitro groups is 1. The Morgan fingerprint density at radius 2 is 1.93 bits per heavy atom. The number of carbonyl (C=O) groups excluding carboxylic acids is 1. The summed E-state index contributed by atoms with van der Waals surface area (Å²) in [5.74, 6) is 0. The van der Waals surface area contributed by atoms with E-state index in [2.05, 4.69) is 4.74 Å². The fraction of sp³-hybridized carbons (Fsp3) is 0.222. The monoisotopic (exact) mass is 210 g/mol. The van der Waals surface area contributed by atoms with Crippen molar-refractivity contribution in [1.82, 2.24) is 0 Å². The lowest BCUT2D eigenvalue weighted by molar-refractivity contribution is -0.483. The number of amides is 1. The topological polar surface area (TPSA) is 72.7 Å². The molecule has 0 aliphatic rings. The number of anilines is 1. The van der Waals surface area contributed by atoms with E-state index < -0.39 is 11.1 Å². The van der Waals surface area contributed by atoms with E-state index in [1.165, 1.54) is 12.1 Å². The van der Waals surface area contributed by atoms with Crippen LogP contribution in [0.3, 0.4) is 0 Å². The number of aryl methyl sites for hydroxylation is 1. The van der Waals surface area contributed by atoms with Crippen LogP contribution in [0.5, 0.6) is 0 Å². The summed E-state index contributed by atoms with van der Waals surface area (Å²) in [6.45, 7) is 1.85. The van der Waals surface area contributed by atoms with E-state index in [4.69, 9.17) is 0 Å². The number of hydrogen-bond donors (Lipinski definition) is 0. The zero-order valence-electron chi connectivity index (χ0n) is 8.34. The number of benzene rings is 1. The van der Waals surface area contributed by atoms with E-state index >= 15 is 0 Å². The highest BCUT2D eigenvalue weighted by Gasteiger charge is 2.27. The van der Waals surface area contributed by atoms with Crippen LogP contribution in [0.2, 0.25) is 0 Å². The molecule has 0 saturated carbocycles. The summed E-state index contributed by atoms with van der Waals surface area (Å²) >= 11 is 0. The van der Waals surface area contributed by atoms with Crippen LogP contribution in [0, 0.1) is 17.0 Å². The molecule has 0 unspecified atom stereocenters. The van der Waals surface area contributed by atoms with Crippen LogP contribution in [-0.4, -0.2) is 18.2 Å². The number of hydrazine groups is 1. The van der Waals surface area contributed by atoms with Gasteiger partial charge in [-0.25, -0.2) is 14.9 Å². The molecule has 0 radical (unpaired) electrons. The Hall–Kier alpha value is -2.11. The first kappa shape index (κ1) is 11.0. The van der Waals surface area contributed by atoms with Gasteiger partial charge in [-0.15, -0.1) is 0 Å². The highest BCUT2D eigenvalue weighted by Crippen LogP contribution is 2.15. The summed E-state index contributed by atoms with van der Waals surface area (Å²) in [5.41, 5.74) is 1.12. The zero-order chi connectivity index (χ0) is 11.4. The quantitative estimate of drug-likeness (QED) is 0.550. The molecule has 0 heterocycles. The van der Waals surface area contributed by atoms with Gasteiger partial charge >= 0.3 is 6.09 Å². The molecule has 80 valence electrons. The Morgan fingerprint density at radius 1 is 1.40 bits per heavy atom. The molecular formula is C9H10N2O4. The second-order valence-electron chi connectivity index (χ2n) is 2.86. The summed E-state index contributed by atoms with van der Waals surface area (Å²) in [7, 11) is 1.09. The van der Waals surface area contributed by atoms with Gasteiger partial charge in [0.2, 0.25) is 0 Å². The standard InChI is InChI=1S/C9H10N2O4/c1-7-3-5-8(6-4-7)10(11(13)14)9(12)15-2/h3-6H,1-2H3. The predicted octanol–water partition coefficient (Wildman–Crippen LogP) is 1.76. The van der Waals surface area contributed by atoms with E-state index in [0.29, 0.717) is 5.01 Å². The molecule has 6 heteroatoms. The summed E-state index contributed by atoms with van der Waals surface area (Å²) < 4.78 is 4.30. The van der Waals surface area contributed by atoms with Crippen molar-refractivity contribution in [3.8, 4) is 0 Å². The van der Waals surface area contributed by atoms with Crippen molar-refractivity contribution in [3.63, 3.8) is 0 Å². The minimum atomic E-state index is -1.02. The minimum absolute atomic E-state index is 0.164. The SMILES string of the molecule is COC(=O)N(c1ccc(C)cc1)[N+](=O)[O-]. The Kier molecular flexibility index (Phi) is 3.22. The molecule has 1 amide bonds. The third-order valence-corrected chi connectivity index (χ3v) is 1.79. The van der Waals surface area contributed by atoms with Crippen LogP contribution in [0.15, 0.2) is 24.3 Å². The van der Waals surface area contributed by atoms with Gasteiger partial charge in [0.25, 0.3) is 0 Å². The molecule has 1 rings (SSSR count). The number of ether oxygens (including phenoxy) is 1. The molecule has 0 atom stereocenters. The number of carbonyl (C=O) groups is 1. The van der Waals surface area contributed by atoms with E-state index in [1.54, 1.807) is 12.1 Å². The Morgan fingerprint density at radius 3 is 2.33 bits per heavy atom. The maximum Gasteiger partial charge on any atom is 0.472 e.